The highest BCUT2D eigenvalue weighted by atomic mass is 16.5. The maximum atomic E-state index is 13.3. The summed E-state index contributed by atoms with van der Waals surface area (Å²) in [6.45, 7) is 7.23. The van der Waals surface area contributed by atoms with E-state index in [0.29, 0.717) is 25.3 Å². The van der Waals surface area contributed by atoms with E-state index in [4.69, 9.17) is 9.47 Å². The van der Waals surface area contributed by atoms with Crippen molar-refractivity contribution in [1.82, 2.24) is 4.90 Å². The number of fused-ring (bicyclic) bond motifs is 1. The number of quaternary nitrogens is 1. The minimum absolute atomic E-state index is 0.0348. The monoisotopic (exact) mass is 399 g/mol. The maximum Gasteiger partial charge on any atom is 0.309 e. The Morgan fingerprint density at radius 3 is 2.83 bits per heavy atom. The molecule has 0 aromatic heterocycles. The zero-order valence-electron chi connectivity index (χ0n) is 17.2. The lowest BCUT2D eigenvalue weighted by Crippen LogP contribution is -3.10. The zero-order chi connectivity index (χ0) is 20.2. The van der Waals surface area contributed by atoms with E-state index in [1.165, 1.54) is 25.9 Å². The minimum Gasteiger partial charge on any atom is -0.488 e. The van der Waals surface area contributed by atoms with Gasteiger partial charge in [-0.05, 0) is 31.4 Å². The van der Waals surface area contributed by atoms with Gasteiger partial charge in [0.05, 0.1) is 44.3 Å². The van der Waals surface area contributed by atoms with E-state index in [1.54, 1.807) is 4.90 Å². The molecule has 6 heteroatoms. The van der Waals surface area contributed by atoms with Crippen molar-refractivity contribution in [3.05, 3.63) is 35.4 Å². The van der Waals surface area contributed by atoms with Gasteiger partial charge >= 0.3 is 5.97 Å². The first-order chi connectivity index (χ1) is 14.2. The molecule has 1 aromatic rings. The number of benzene rings is 1. The number of ether oxygens (including phenoxy) is 2. The van der Waals surface area contributed by atoms with Crippen molar-refractivity contribution in [3.63, 3.8) is 0 Å². The van der Waals surface area contributed by atoms with Crippen LogP contribution < -0.4 is 9.64 Å². The summed E-state index contributed by atoms with van der Waals surface area (Å²) in [6.07, 6.45) is 5.31. The average Bonchev–Trinajstić information content (AvgIpc) is 3.32. The van der Waals surface area contributed by atoms with Crippen molar-refractivity contribution in [1.29, 1.82) is 0 Å². The molecule has 29 heavy (non-hydrogen) atoms. The van der Waals surface area contributed by atoms with E-state index in [2.05, 4.69) is 0 Å². The molecule has 1 aromatic carbocycles. The predicted octanol–water partition coefficient (Wildman–Crippen LogP) is 1.17. The van der Waals surface area contributed by atoms with Gasteiger partial charge in [-0.1, -0.05) is 18.2 Å². The van der Waals surface area contributed by atoms with Crippen LogP contribution in [0.15, 0.2) is 29.8 Å². The molecule has 1 saturated carbocycles. The van der Waals surface area contributed by atoms with Crippen LogP contribution >= 0.6 is 0 Å². The van der Waals surface area contributed by atoms with Crippen molar-refractivity contribution in [3.8, 4) is 5.75 Å². The number of nitrogens with zero attached hydrogens (tertiary/aromatic N) is 1. The Kier molecular flexibility index (Phi) is 6.19. The van der Waals surface area contributed by atoms with Crippen LogP contribution in [0.3, 0.4) is 0 Å². The number of esters is 1. The summed E-state index contributed by atoms with van der Waals surface area (Å²) in [4.78, 5) is 28.9. The molecular formula is C23H31N2O4+. The molecule has 1 aliphatic carbocycles. The second kappa shape index (κ2) is 8.99. The third-order valence-electron chi connectivity index (χ3n) is 6.21. The van der Waals surface area contributed by atoms with Crippen LogP contribution in [0, 0.1) is 11.8 Å². The van der Waals surface area contributed by atoms with Crippen molar-refractivity contribution in [2.24, 2.45) is 11.8 Å². The molecule has 1 amide bonds. The minimum atomic E-state index is -0.121. The molecule has 3 aliphatic rings. The number of para-hydroxylation sites is 1. The van der Waals surface area contributed by atoms with Gasteiger partial charge in [0, 0.05) is 24.9 Å². The molecule has 0 radical (unpaired) electrons. The van der Waals surface area contributed by atoms with E-state index in [-0.39, 0.29) is 23.7 Å². The Morgan fingerprint density at radius 2 is 2.03 bits per heavy atom. The van der Waals surface area contributed by atoms with E-state index in [0.717, 1.165) is 30.8 Å². The summed E-state index contributed by atoms with van der Waals surface area (Å²) in [6, 6.07) is 7.79. The summed E-state index contributed by atoms with van der Waals surface area (Å²) < 4.78 is 11.0. The Balaban J connectivity index is 1.43. The summed E-state index contributed by atoms with van der Waals surface area (Å²) in [5, 5.41) is 0. The van der Waals surface area contributed by atoms with Crippen molar-refractivity contribution < 1.29 is 24.0 Å². The van der Waals surface area contributed by atoms with Crippen LogP contribution in [0.4, 0.5) is 0 Å². The lowest BCUT2D eigenvalue weighted by atomic mass is 10.1. The van der Waals surface area contributed by atoms with Gasteiger partial charge in [-0.15, -0.1) is 0 Å². The summed E-state index contributed by atoms with van der Waals surface area (Å²) in [5.74, 6) is 0.893. The van der Waals surface area contributed by atoms with E-state index in [9.17, 15) is 9.59 Å². The van der Waals surface area contributed by atoms with Gasteiger partial charge in [0.15, 0.2) is 0 Å². The summed E-state index contributed by atoms with van der Waals surface area (Å²) >= 11 is 0. The highest BCUT2D eigenvalue weighted by Crippen LogP contribution is 2.40. The molecule has 1 saturated heterocycles. The Morgan fingerprint density at radius 1 is 1.24 bits per heavy atom. The Hall–Kier alpha value is -2.34. The Bertz CT molecular complexity index is 785. The molecular weight excluding hydrogens is 368 g/mol. The van der Waals surface area contributed by atoms with Crippen molar-refractivity contribution in [2.45, 2.75) is 26.2 Å². The first-order valence-electron chi connectivity index (χ1n) is 10.9. The van der Waals surface area contributed by atoms with Crippen LogP contribution in [-0.4, -0.2) is 62.7 Å². The number of hydrogen-bond donors (Lipinski definition) is 1. The fourth-order valence-electron chi connectivity index (χ4n) is 4.41. The van der Waals surface area contributed by atoms with E-state index in [1.807, 2.05) is 42.2 Å². The highest BCUT2D eigenvalue weighted by Gasteiger charge is 2.45. The standard InChI is InChI=1S/C23H30N2O4/c1-2-28-23(27)20-14-18(20)15-25(12-11-24-9-5-6-10-24)22(26)19-13-17-7-3-4-8-21(17)29-16-19/h3-4,7-8,13,18,20H,2,5-6,9-12,14-16H2,1H3/p+1/t18-,20-/m0/s1. The molecule has 2 fully saturated rings. The van der Waals surface area contributed by atoms with Gasteiger partial charge in [0.25, 0.3) is 5.91 Å². The number of hydrogen-bond acceptors (Lipinski definition) is 4. The van der Waals surface area contributed by atoms with E-state index >= 15 is 0 Å². The summed E-state index contributed by atoms with van der Waals surface area (Å²) in [7, 11) is 0. The van der Waals surface area contributed by atoms with Gasteiger partial charge in [-0.3, -0.25) is 9.59 Å². The molecule has 2 aliphatic heterocycles. The number of rotatable bonds is 8. The van der Waals surface area contributed by atoms with Crippen LogP contribution in [0.1, 0.15) is 31.7 Å². The predicted molar refractivity (Wildman–Crippen MR) is 110 cm³/mol. The highest BCUT2D eigenvalue weighted by molar-refractivity contribution is 5.99. The molecule has 6 nitrogen and oxygen atoms in total. The van der Waals surface area contributed by atoms with Gasteiger partial charge in [-0.25, -0.2) is 0 Å². The molecule has 156 valence electrons. The first-order valence-corrected chi connectivity index (χ1v) is 10.9. The molecule has 1 N–H and O–H groups in total. The smallest absolute Gasteiger partial charge is 0.309 e. The third kappa shape index (κ3) is 4.81. The van der Waals surface area contributed by atoms with Gasteiger partial charge in [0.1, 0.15) is 12.4 Å². The van der Waals surface area contributed by atoms with E-state index < -0.39 is 0 Å². The molecule has 0 spiro atoms. The molecule has 0 unspecified atom stereocenters. The zero-order valence-corrected chi connectivity index (χ0v) is 17.2. The van der Waals surface area contributed by atoms with Crippen molar-refractivity contribution in [2.75, 3.05) is 45.9 Å². The number of carbonyl (C=O) groups excluding carboxylic acids is 2. The lowest BCUT2D eigenvalue weighted by molar-refractivity contribution is -0.886. The topological polar surface area (TPSA) is 60.3 Å². The second-order valence-electron chi connectivity index (χ2n) is 8.31. The molecule has 4 rings (SSSR count). The fraction of sp³-hybridized carbons (Fsp3) is 0.565. The van der Waals surface area contributed by atoms with Gasteiger partial charge in [-0.2, -0.15) is 0 Å². The average molecular weight is 400 g/mol. The summed E-state index contributed by atoms with van der Waals surface area (Å²) in [5.41, 5.74) is 1.64. The Labute approximate surface area is 172 Å². The van der Waals surface area contributed by atoms with Crippen LogP contribution in [0.25, 0.3) is 6.08 Å². The van der Waals surface area contributed by atoms with Crippen LogP contribution in [0.2, 0.25) is 0 Å². The second-order valence-corrected chi connectivity index (χ2v) is 8.31. The first kappa shape index (κ1) is 20.0. The maximum absolute atomic E-state index is 13.3. The van der Waals surface area contributed by atoms with Crippen LogP contribution in [0.5, 0.6) is 5.75 Å². The molecule has 2 heterocycles. The molecule has 0 bridgehead atoms. The normalized spacial score (nSPS) is 23.0. The SMILES string of the molecule is CCOC(=O)[C@H]1C[C@H]1CN(CC[NH+]1CCCC1)C(=O)C1=Cc2ccccc2OC1. The van der Waals surface area contributed by atoms with Gasteiger partial charge in [0.2, 0.25) is 0 Å². The number of amides is 1. The molecule has 2 atom stereocenters. The largest absolute Gasteiger partial charge is 0.488 e. The van der Waals surface area contributed by atoms with Crippen molar-refractivity contribution >= 4 is 18.0 Å². The van der Waals surface area contributed by atoms with Gasteiger partial charge < -0.3 is 19.3 Å². The number of nitrogens with one attached hydrogen (secondary N) is 1. The third-order valence-corrected chi connectivity index (χ3v) is 6.21. The quantitative estimate of drug-likeness (QED) is 0.667. The lowest BCUT2D eigenvalue weighted by Gasteiger charge is -2.27. The number of likely N-dealkylation sites (tertiary alicyclic amines) is 1. The number of carbonyl (C=O) groups is 2. The van der Waals surface area contributed by atoms with Crippen LogP contribution in [-0.2, 0) is 14.3 Å². The fourth-order valence-corrected chi connectivity index (χ4v) is 4.41.